The molecule has 0 saturated carbocycles. The monoisotopic (exact) mass is 324 g/mol. The van der Waals surface area contributed by atoms with Crippen molar-refractivity contribution in [3.8, 4) is 0 Å². The van der Waals surface area contributed by atoms with Gasteiger partial charge in [0, 0.05) is 18.8 Å². The molecule has 0 aliphatic carbocycles. The van der Waals surface area contributed by atoms with Crippen LogP contribution in [0.2, 0.25) is 0 Å². The zero-order valence-electron chi connectivity index (χ0n) is 13.0. The highest BCUT2D eigenvalue weighted by molar-refractivity contribution is 5.97. The van der Waals surface area contributed by atoms with E-state index in [9.17, 15) is 9.59 Å². The van der Waals surface area contributed by atoms with Crippen molar-refractivity contribution in [1.29, 1.82) is 0 Å². The molecule has 3 N–H and O–H groups in total. The fraction of sp³-hybridized carbons (Fsp3) is 0.571. The minimum Gasteiger partial charge on any atom is -0.483 e. The van der Waals surface area contributed by atoms with Crippen molar-refractivity contribution < 1.29 is 24.2 Å². The average molecular weight is 324 g/mol. The summed E-state index contributed by atoms with van der Waals surface area (Å²) in [6, 6.07) is -0.133. The van der Waals surface area contributed by atoms with Crippen LogP contribution >= 0.6 is 0 Å². The summed E-state index contributed by atoms with van der Waals surface area (Å²) in [6.45, 7) is 5.08. The molecule has 2 fully saturated rings. The average Bonchev–Trinajstić information content (AvgIpc) is 2.63. The number of H-pyrrole nitrogens is 1. The van der Waals surface area contributed by atoms with E-state index in [-0.39, 0.29) is 30.2 Å². The second-order valence-corrected chi connectivity index (χ2v) is 5.56. The molecular weight excluding hydrogens is 304 g/mol. The maximum atomic E-state index is 12.7. The van der Waals surface area contributed by atoms with E-state index < -0.39 is 0 Å². The van der Waals surface area contributed by atoms with Gasteiger partial charge in [-0.05, 0) is 13.8 Å². The summed E-state index contributed by atoms with van der Waals surface area (Å²) in [5, 5.41) is 16.7. The van der Waals surface area contributed by atoms with Crippen LogP contribution in [0.1, 0.15) is 21.7 Å². The smallest absolute Gasteiger partial charge is 0.290 e. The van der Waals surface area contributed by atoms with Gasteiger partial charge < -0.3 is 20.1 Å². The van der Waals surface area contributed by atoms with Crippen LogP contribution in [0.4, 0.5) is 0 Å². The molecule has 3 rings (SSSR count). The van der Waals surface area contributed by atoms with Gasteiger partial charge in [0.1, 0.15) is 0 Å². The van der Waals surface area contributed by atoms with Crippen molar-refractivity contribution in [1.82, 2.24) is 20.4 Å². The number of aromatic amines is 1. The SMILES string of the molecule is Cc1n[nH]c(C)c1C(=O)N1C[C@H]2COC[C@@H](C1)C(=O)N2.O=CO. The summed E-state index contributed by atoms with van der Waals surface area (Å²) in [6.07, 6.45) is 0. The second kappa shape index (κ2) is 7.23. The van der Waals surface area contributed by atoms with Gasteiger partial charge in [-0.1, -0.05) is 0 Å². The lowest BCUT2D eigenvalue weighted by molar-refractivity contribution is -0.125. The lowest BCUT2D eigenvalue weighted by Crippen LogP contribution is -2.44. The fourth-order valence-corrected chi connectivity index (χ4v) is 2.82. The van der Waals surface area contributed by atoms with Crippen LogP contribution in [0.3, 0.4) is 0 Å². The number of hydrogen-bond acceptors (Lipinski definition) is 5. The third-order valence-electron chi connectivity index (χ3n) is 3.87. The summed E-state index contributed by atoms with van der Waals surface area (Å²) in [5.74, 6) is -0.385. The molecular formula is C14H20N4O5. The third-order valence-corrected chi connectivity index (χ3v) is 3.87. The predicted octanol–water partition coefficient (Wildman–Crippen LogP) is -0.686. The van der Waals surface area contributed by atoms with Crippen LogP contribution in [0.25, 0.3) is 0 Å². The van der Waals surface area contributed by atoms with Gasteiger partial charge in [-0.2, -0.15) is 5.10 Å². The number of carboxylic acid groups (broad SMARTS) is 1. The summed E-state index contributed by atoms with van der Waals surface area (Å²) in [4.78, 5) is 34.7. The quantitative estimate of drug-likeness (QED) is 0.588. The third kappa shape index (κ3) is 3.67. The first-order chi connectivity index (χ1) is 11.0. The van der Waals surface area contributed by atoms with Crippen molar-refractivity contribution in [3.63, 3.8) is 0 Å². The van der Waals surface area contributed by atoms with Crippen molar-refractivity contribution >= 4 is 18.3 Å². The molecule has 0 unspecified atom stereocenters. The number of amides is 2. The summed E-state index contributed by atoms with van der Waals surface area (Å²) in [7, 11) is 0. The molecule has 2 atom stereocenters. The molecule has 1 aromatic rings. The van der Waals surface area contributed by atoms with E-state index in [0.717, 1.165) is 5.69 Å². The van der Waals surface area contributed by atoms with Crippen molar-refractivity contribution in [2.24, 2.45) is 5.92 Å². The normalized spacial score (nSPS) is 23.2. The predicted molar refractivity (Wildman–Crippen MR) is 78.9 cm³/mol. The van der Waals surface area contributed by atoms with Crippen molar-refractivity contribution in [2.75, 3.05) is 26.3 Å². The van der Waals surface area contributed by atoms with Gasteiger partial charge in [-0.3, -0.25) is 19.5 Å². The van der Waals surface area contributed by atoms with Crippen molar-refractivity contribution in [3.05, 3.63) is 17.0 Å². The maximum Gasteiger partial charge on any atom is 0.290 e. The number of carbonyl (C=O) groups excluding carboxylic acids is 2. The van der Waals surface area contributed by atoms with Crippen LogP contribution in [0, 0.1) is 19.8 Å². The van der Waals surface area contributed by atoms with Crippen LogP contribution < -0.4 is 5.32 Å². The van der Waals surface area contributed by atoms with E-state index >= 15 is 0 Å². The minimum atomic E-state index is -0.293. The Labute approximate surface area is 133 Å². The number of nitrogens with one attached hydrogen (secondary N) is 2. The lowest BCUT2D eigenvalue weighted by atomic mass is 10.1. The fourth-order valence-electron chi connectivity index (χ4n) is 2.82. The van der Waals surface area contributed by atoms with Gasteiger partial charge >= 0.3 is 0 Å². The molecule has 3 heterocycles. The number of ether oxygens (including phenoxy) is 1. The first kappa shape index (κ1) is 16.9. The Hall–Kier alpha value is -2.42. The first-order valence-corrected chi connectivity index (χ1v) is 7.24. The van der Waals surface area contributed by atoms with Gasteiger partial charge in [0.2, 0.25) is 5.91 Å². The summed E-state index contributed by atoms with van der Waals surface area (Å²) in [5.41, 5.74) is 2.06. The standard InChI is InChI=1S/C13H18N4O3.CH2O2/c1-7-11(8(2)16-15-7)13(19)17-3-9-5-20-6-10(4-17)14-12(9)18;2-1-3/h9-10H,3-6H2,1-2H3,(H,14,18)(H,15,16);1H,(H,2,3)/t9-,10+;/m1./s1. The molecule has 0 aromatic carbocycles. The number of carbonyl (C=O) groups is 3. The van der Waals surface area contributed by atoms with Crippen molar-refractivity contribution in [2.45, 2.75) is 19.9 Å². The molecule has 2 aliphatic rings. The molecule has 0 spiro atoms. The zero-order valence-corrected chi connectivity index (χ0v) is 13.0. The Kier molecular flexibility index (Phi) is 5.32. The Bertz CT molecular complexity index is 580. The van der Waals surface area contributed by atoms with Crippen LogP contribution in [-0.2, 0) is 14.3 Å². The van der Waals surface area contributed by atoms with E-state index in [1.54, 1.807) is 4.90 Å². The molecule has 1 aromatic heterocycles. The maximum absolute atomic E-state index is 12.7. The van der Waals surface area contributed by atoms with Crippen LogP contribution in [0.5, 0.6) is 0 Å². The number of rotatable bonds is 1. The highest BCUT2D eigenvalue weighted by Gasteiger charge is 2.36. The molecule has 23 heavy (non-hydrogen) atoms. The molecule has 126 valence electrons. The number of fused-ring (bicyclic) bond motifs is 3. The summed E-state index contributed by atoms with van der Waals surface area (Å²) >= 11 is 0. The molecule has 2 amide bonds. The topological polar surface area (TPSA) is 125 Å². The highest BCUT2D eigenvalue weighted by atomic mass is 16.5. The number of hydrogen-bond donors (Lipinski definition) is 3. The first-order valence-electron chi connectivity index (χ1n) is 7.24. The molecule has 2 saturated heterocycles. The Morgan fingerprint density at radius 2 is 2.09 bits per heavy atom. The van der Waals surface area contributed by atoms with E-state index in [1.165, 1.54) is 0 Å². The van der Waals surface area contributed by atoms with E-state index in [2.05, 4.69) is 15.5 Å². The number of aromatic nitrogens is 2. The summed E-state index contributed by atoms with van der Waals surface area (Å²) < 4.78 is 5.46. The molecule has 2 aliphatic heterocycles. The zero-order chi connectivity index (χ0) is 17.0. The van der Waals surface area contributed by atoms with E-state index in [4.69, 9.17) is 14.6 Å². The highest BCUT2D eigenvalue weighted by Crippen LogP contribution is 2.18. The van der Waals surface area contributed by atoms with Crippen LogP contribution in [0.15, 0.2) is 0 Å². The minimum absolute atomic E-state index is 0.0246. The van der Waals surface area contributed by atoms with Gasteiger partial charge in [0.15, 0.2) is 0 Å². The number of aryl methyl sites for hydroxylation is 2. The van der Waals surface area contributed by atoms with Gasteiger partial charge in [0.05, 0.1) is 36.4 Å². The van der Waals surface area contributed by atoms with Gasteiger partial charge in [-0.15, -0.1) is 0 Å². The van der Waals surface area contributed by atoms with Gasteiger partial charge in [0.25, 0.3) is 12.4 Å². The van der Waals surface area contributed by atoms with E-state index in [0.29, 0.717) is 37.6 Å². The van der Waals surface area contributed by atoms with Crippen LogP contribution in [-0.4, -0.2) is 70.8 Å². The van der Waals surface area contributed by atoms with E-state index in [1.807, 2.05) is 13.8 Å². The molecule has 0 radical (unpaired) electrons. The Morgan fingerprint density at radius 1 is 1.39 bits per heavy atom. The largest absolute Gasteiger partial charge is 0.483 e. The Morgan fingerprint density at radius 3 is 2.70 bits per heavy atom. The number of nitrogens with zero attached hydrogens (tertiary/aromatic N) is 2. The van der Waals surface area contributed by atoms with Gasteiger partial charge in [-0.25, -0.2) is 0 Å². The molecule has 2 bridgehead atoms. The molecule has 9 nitrogen and oxygen atoms in total. The Balaban J connectivity index is 0.000000595. The second-order valence-electron chi connectivity index (χ2n) is 5.56. The molecule has 9 heteroatoms. The lowest BCUT2D eigenvalue weighted by Gasteiger charge is -2.27.